The van der Waals surface area contributed by atoms with Crippen molar-refractivity contribution in [3.63, 3.8) is 0 Å². The average molecular weight is 454 g/mol. The van der Waals surface area contributed by atoms with Crippen LogP contribution in [0.4, 0.5) is 5.69 Å². The van der Waals surface area contributed by atoms with Gasteiger partial charge in [-0.2, -0.15) is 0 Å². The SMILES string of the molecule is Cc1ccc(OC(C)C(=O)Nc2ccc(C(=O)NCCNC(=O)C3CCCO3)cc2)cc1C. The molecule has 0 radical (unpaired) electrons. The summed E-state index contributed by atoms with van der Waals surface area (Å²) in [4.78, 5) is 36.6. The van der Waals surface area contributed by atoms with Gasteiger partial charge in [0.05, 0.1) is 0 Å². The van der Waals surface area contributed by atoms with E-state index >= 15 is 0 Å². The minimum Gasteiger partial charge on any atom is -0.481 e. The van der Waals surface area contributed by atoms with Crippen molar-refractivity contribution in [1.29, 1.82) is 0 Å². The summed E-state index contributed by atoms with van der Waals surface area (Å²) in [6, 6.07) is 12.3. The summed E-state index contributed by atoms with van der Waals surface area (Å²) in [6.07, 6.45) is 0.568. The molecule has 3 N–H and O–H groups in total. The molecular weight excluding hydrogens is 422 g/mol. The van der Waals surface area contributed by atoms with Crippen LogP contribution < -0.4 is 20.7 Å². The van der Waals surface area contributed by atoms with E-state index in [1.54, 1.807) is 31.2 Å². The highest BCUT2D eigenvalue weighted by atomic mass is 16.5. The number of hydrogen-bond acceptors (Lipinski definition) is 5. The van der Waals surface area contributed by atoms with Crippen LogP contribution in [0, 0.1) is 13.8 Å². The van der Waals surface area contributed by atoms with Crippen LogP contribution in [0.15, 0.2) is 42.5 Å². The highest BCUT2D eigenvalue weighted by Gasteiger charge is 2.23. The van der Waals surface area contributed by atoms with Crippen LogP contribution in [0.25, 0.3) is 0 Å². The Morgan fingerprint density at radius 2 is 1.76 bits per heavy atom. The number of carbonyl (C=O) groups is 3. The highest BCUT2D eigenvalue weighted by Crippen LogP contribution is 2.18. The molecule has 1 aliphatic rings. The van der Waals surface area contributed by atoms with E-state index in [-0.39, 0.29) is 23.8 Å². The fourth-order valence-electron chi connectivity index (χ4n) is 3.36. The van der Waals surface area contributed by atoms with Gasteiger partial charge in [0.2, 0.25) is 5.91 Å². The van der Waals surface area contributed by atoms with E-state index in [0.29, 0.717) is 36.7 Å². The zero-order valence-electron chi connectivity index (χ0n) is 19.3. The molecular formula is C25H31N3O5. The lowest BCUT2D eigenvalue weighted by Crippen LogP contribution is -2.39. The molecule has 8 nitrogen and oxygen atoms in total. The van der Waals surface area contributed by atoms with E-state index < -0.39 is 6.10 Å². The molecule has 1 aliphatic heterocycles. The number of amides is 3. The number of hydrogen-bond donors (Lipinski definition) is 3. The third-order valence-electron chi connectivity index (χ3n) is 5.51. The number of aryl methyl sites for hydroxylation is 2. The lowest BCUT2D eigenvalue weighted by Gasteiger charge is -2.16. The second-order valence-corrected chi connectivity index (χ2v) is 8.12. The van der Waals surface area contributed by atoms with Gasteiger partial charge in [-0.25, -0.2) is 0 Å². The summed E-state index contributed by atoms with van der Waals surface area (Å²) in [6.45, 7) is 6.95. The molecule has 2 atom stereocenters. The predicted octanol–water partition coefficient (Wildman–Crippen LogP) is 2.73. The van der Waals surface area contributed by atoms with Crippen LogP contribution >= 0.6 is 0 Å². The Kier molecular flexibility index (Phi) is 8.43. The van der Waals surface area contributed by atoms with Gasteiger partial charge in [-0.05, 0) is 81.1 Å². The standard InChI is InChI=1S/C25H31N3O5/c1-16-6-11-21(15-17(16)2)33-18(3)23(29)28-20-9-7-19(8-10-20)24(30)26-12-13-27-25(31)22-5-4-14-32-22/h6-11,15,18,22H,4-5,12-14H2,1-3H3,(H,26,30)(H,27,31)(H,28,29). The third kappa shape index (κ3) is 7.05. The Hall–Kier alpha value is -3.39. The molecule has 0 aliphatic carbocycles. The van der Waals surface area contributed by atoms with Crippen LogP contribution in [0.3, 0.4) is 0 Å². The average Bonchev–Trinajstić information content (AvgIpc) is 3.34. The predicted molar refractivity (Wildman–Crippen MR) is 125 cm³/mol. The van der Waals surface area contributed by atoms with Gasteiger partial charge in [0.25, 0.3) is 11.8 Å². The molecule has 2 aromatic carbocycles. The minimum atomic E-state index is -0.681. The van der Waals surface area contributed by atoms with Crippen LogP contribution in [0.2, 0.25) is 0 Å². The molecule has 33 heavy (non-hydrogen) atoms. The fourth-order valence-corrected chi connectivity index (χ4v) is 3.36. The van der Waals surface area contributed by atoms with Crippen molar-refractivity contribution in [2.75, 3.05) is 25.0 Å². The minimum absolute atomic E-state index is 0.141. The van der Waals surface area contributed by atoms with E-state index in [1.807, 2.05) is 32.0 Å². The molecule has 2 unspecified atom stereocenters. The molecule has 176 valence electrons. The van der Waals surface area contributed by atoms with Gasteiger partial charge < -0.3 is 25.4 Å². The Morgan fingerprint density at radius 3 is 2.42 bits per heavy atom. The summed E-state index contributed by atoms with van der Waals surface area (Å²) >= 11 is 0. The van der Waals surface area contributed by atoms with E-state index in [4.69, 9.17) is 9.47 Å². The van der Waals surface area contributed by atoms with Gasteiger partial charge in [0, 0.05) is 30.9 Å². The Balaban J connectivity index is 1.41. The maximum Gasteiger partial charge on any atom is 0.265 e. The first-order valence-electron chi connectivity index (χ1n) is 11.2. The first kappa shape index (κ1) is 24.3. The second-order valence-electron chi connectivity index (χ2n) is 8.12. The first-order chi connectivity index (χ1) is 15.8. The molecule has 0 saturated carbocycles. The number of ether oxygens (including phenoxy) is 2. The summed E-state index contributed by atoms with van der Waals surface area (Å²) in [5.74, 6) is -0.0459. The van der Waals surface area contributed by atoms with Crippen LogP contribution in [-0.2, 0) is 14.3 Å². The molecule has 8 heteroatoms. The number of carbonyl (C=O) groups excluding carboxylic acids is 3. The Labute approximate surface area is 194 Å². The zero-order chi connectivity index (χ0) is 23.8. The molecule has 2 aromatic rings. The Bertz CT molecular complexity index is 984. The lowest BCUT2D eigenvalue weighted by atomic mass is 10.1. The van der Waals surface area contributed by atoms with Crippen molar-refractivity contribution in [2.24, 2.45) is 0 Å². The second kappa shape index (κ2) is 11.5. The quantitative estimate of drug-likeness (QED) is 0.507. The van der Waals surface area contributed by atoms with E-state index in [9.17, 15) is 14.4 Å². The van der Waals surface area contributed by atoms with Crippen molar-refractivity contribution in [2.45, 2.75) is 45.8 Å². The van der Waals surface area contributed by atoms with Gasteiger partial charge in [-0.15, -0.1) is 0 Å². The maximum absolute atomic E-state index is 12.5. The van der Waals surface area contributed by atoms with Gasteiger partial charge in [-0.1, -0.05) is 6.07 Å². The van der Waals surface area contributed by atoms with Crippen molar-refractivity contribution < 1.29 is 23.9 Å². The molecule has 1 saturated heterocycles. The van der Waals surface area contributed by atoms with Gasteiger partial charge in [-0.3, -0.25) is 14.4 Å². The van der Waals surface area contributed by atoms with E-state index in [1.165, 1.54) is 0 Å². The number of rotatable bonds is 9. The third-order valence-corrected chi connectivity index (χ3v) is 5.51. The molecule has 0 spiro atoms. The van der Waals surface area contributed by atoms with E-state index in [2.05, 4.69) is 16.0 Å². The molecule has 0 aromatic heterocycles. The maximum atomic E-state index is 12.5. The summed E-state index contributed by atoms with van der Waals surface area (Å²) in [5, 5.41) is 8.31. The zero-order valence-corrected chi connectivity index (χ0v) is 19.3. The van der Waals surface area contributed by atoms with E-state index in [0.717, 1.165) is 24.0 Å². The molecule has 1 fully saturated rings. The van der Waals surface area contributed by atoms with Crippen molar-refractivity contribution in [3.05, 3.63) is 59.2 Å². The smallest absolute Gasteiger partial charge is 0.265 e. The fraction of sp³-hybridized carbons (Fsp3) is 0.400. The van der Waals surface area contributed by atoms with Crippen molar-refractivity contribution in [3.8, 4) is 5.75 Å². The van der Waals surface area contributed by atoms with Crippen LogP contribution in [0.5, 0.6) is 5.75 Å². The van der Waals surface area contributed by atoms with Gasteiger partial charge in [0.15, 0.2) is 6.10 Å². The van der Waals surface area contributed by atoms with Crippen molar-refractivity contribution in [1.82, 2.24) is 10.6 Å². The number of benzene rings is 2. The molecule has 0 bridgehead atoms. The molecule has 3 amide bonds. The normalized spacial score (nSPS) is 16.0. The topological polar surface area (TPSA) is 106 Å². The lowest BCUT2D eigenvalue weighted by molar-refractivity contribution is -0.130. The molecule has 3 rings (SSSR count). The summed E-state index contributed by atoms with van der Waals surface area (Å²) in [5.41, 5.74) is 3.28. The van der Waals surface area contributed by atoms with Crippen molar-refractivity contribution >= 4 is 23.4 Å². The summed E-state index contributed by atoms with van der Waals surface area (Å²) in [7, 11) is 0. The molecule has 1 heterocycles. The largest absolute Gasteiger partial charge is 0.481 e. The van der Waals surface area contributed by atoms with Gasteiger partial charge >= 0.3 is 0 Å². The monoisotopic (exact) mass is 453 g/mol. The Morgan fingerprint density at radius 1 is 1.03 bits per heavy atom. The van der Waals surface area contributed by atoms with Crippen LogP contribution in [0.1, 0.15) is 41.3 Å². The number of anilines is 1. The highest BCUT2D eigenvalue weighted by molar-refractivity contribution is 5.96. The van der Waals surface area contributed by atoms with Crippen LogP contribution in [-0.4, -0.2) is 49.6 Å². The first-order valence-corrected chi connectivity index (χ1v) is 11.2. The number of nitrogens with one attached hydrogen (secondary N) is 3. The summed E-state index contributed by atoms with van der Waals surface area (Å²) < 4.78 is 11.1. The van der Waals surface area contributed by atoms with Gasteiger partial charge in [0.1, 0.15) is 11.9 Å².